The molecule has 2 aliphatic heterocycles. The molecule has 0 spiro atoms. The number of rotatable bonds is 5. The van der Waals surface area contributed by atoms with E-state index in [1.54, 1.807) is 0 Å². The first-order valence-corrected chi connectivity index (χ1v) is 12.1. The van der Waals surface area contributed by atoms with Gasteiger partial charge in [-0.3, -0.25) is 4.90 Å². The molecule has 0 saturated heterocycles. The number of halogens is 1. The van der Waals surface area contributed by atoms with Crippen molar-refractivity contribution in [3.8, 4) is 0 Å². The Morgan fingerprint density at radius 3 is 2.69 bits per heavy atom. The highest BCUT2D eigenvalue weighted by Gasteiger charge is 2.24. The van der Waals surface area contributed by atoms with Crippen molar-refractivity contribution in [2.24, 2.45) is 5.73 Å². The summed E-state index contributed by atoms with van der Waals surface area (Å²) in [4.78, 5) is 2.57. The first-order chi connectivity index (χ1) is 15.5. The van der Waals surface area contributed by atoms with E-state index in [1.807, 2.05) is 31.2 Å². The monoisotopic (exact) mass is 450 g/mol. The highest BCUT2D eigenvalue weighted by atomic mass is 35.5. The van der Waals surface area contributed by atoms with Crippen LogP contribution in [0, 0.1) is 0 Å². The van der Waals surface area contributed by atoms with Crippen LogP contribution in [0.5, 0.6) is 0 Å². The van der Waals surface area contributed by atoms with Crippen molar-refractivity contribution < 1.29 is 0 Å². The maximum absolute atomic E-state index is 6.27. The van der Waals surface area contributed by atoms with E-state index in [-0.39, 0.29) is 6.04 Å². The quantitative estimate of drug-likeness (QED) is 0.521. The Kier molecular flexibility index (Phi) is 7.12. The average molecular weight is 451 g/mol. The van der Waals surface area contributed by atoms with Gasteiger partial charge in [-0.1, -0.05) is 36.7 Å². The lowest BCUT2D eigenvalue weighted by Crippen LogP contribution is -2.36. The highest BCUT2D eigenvalue weighted by molar-refractivity contribution is 6.30. The Balaban J connectivity index is 1.68. The summed E-state index contributed by atoms with van der Waals surface area (Å²) in [5, 5.41) is 8.04. The zero-order chi connectivity index (χ0) is 22.7. The fourth-order valence-electron chi connectivity index (χ4n) is 4.73. The van der Waals surface area contributed by atoms with Crippen molar-refractivity contribution in [2.75, 3.05) is 25.0 Å². The molecule has 5 heteroatoms. The van der Waals surface area contributed by atoms with Crippen molar-refractivity contribution in [3.63, 3.8) is 0 Å². The van der Waals surface area contributed by atoms with E-state index in [9.17, 15) is 0 Å². The highest BCUT2D eigenvalue weighted by Crippen LogP contribution is 2.35. The second kappa shape index (κ2) is 10.0. The number of anilines is 1. The molecule has 2 aromatic carbocycles. The van der Waals surface area contributed by atoms with Gasteiger partial charge in [0.1, 0.15) is 0 Å². The Morgan fingerprint density at radius 1 is 1.25 bits per heavy atom. The van der Waals surface area contributed by atoms with E-state index in [2.05, 4.69) is 53.7 Å². The number of nitrogens with one attached hydrogen (secondary N) is 2. The summed E-state index contributed by atoms with van der Waals surface area (Å²) in [6, 6.07) is 15.7. The summed E-state index contributed by atoms with van der Waals surface area (Å²) in [5.41, 5.74) is 14.5. The molecule has 32 heavy (non-hydrogen) atoms. The third-order valence-corrected chi connectivity index (χ3v) is 7.09. The van der Waals surface area contributed by atoms with Crippen molar-refractivity contribution in [1.82, 2.24) is 10.2 Å². The maximum atomic E-state index is 6.27. The molecule has 0 saturated carbocycles. The molecule has 2 unspecified atom stereocenters. The lowest BCUT2D eigenvalue weighted by atomic mass is 9.90. The van der Waals surface area contributed by atoms with Crippen LogP contribution in [-0.4, -0.2) is 30.6 Å². The molecule has 0 bridgehead atoms. The van der Waals surface area contributed by atoms with Crippen LogP contribution in [0.25, 0.3) is 11.3 Å². The molecule has 2 aromatic rings. The van der Waals surface area contributed by atoms with Crippen molar-refractivity contribution >= 4 is 28.6 Å². The average Bonchev–Trinajstić information content (AvgIpc) is 2.99. The number of hydrogen-bond acceptors (Lipinski definition) is 4. The normalized spacial score (nSPS) is 21.6. The van der Waals surface area contributed by atoms with Crippen LogP contribution >= 0.6 is 11.6 Å². The number of benzene rings is 2. The molecule has 0 aliphatic carbocycles. The van der Waals surface area contributed by atoms with Crippen molar-refractivity contribution in [1.29, 1.82) is 0 Å². The van der Waals surface area contributed by atoms with Crippen molar-refractivity contribution in [2.45, 2.75) is 52.1 Å². The van der Waals surface area contributed by atoms with Gasteiger partial charge in [-0.15, -0.1) is 0 Å². The Labute approximate surface area is 197 Å². The van der Waals surface area contributed by atoms with Crippen LogP contribution in [0.3, 0.4) is 0 Å². The van der Waals surface area contributed by atoms with Gasteiger partial charge in [0, 0.05) is 47.6 Å². The first kappa shape index (κ1) is 22.8. The molecule has 0 amide bonds. The van der Waals surface area contributed by atoms with E-state index >= 15 is 0 Å². The van der Waals surface area contributed by atoms with Gasteiger partial charge in [-0.05, 0) is 80.1 Å². The van der Waals surface area contributed by atoms with Gasteiger partial charge < -0.3 is 16.4 Å². The van der Waals surface area contributed by atoms with Crippen LogP contribution in [-0.2, 0) is 0 Å². The third-order valence-electron chi connectivity index (χ3n) is 6.84. The molecular formula is C27H35ClN4. The predicted molar refractivity (Wildman–Crippen MR) is 138 cm³/mol. The lowest BCUT2D eigenvalue weighted by molar-refractivity contribution is 0.225. The summed E-state index contributed by atoms with van der Waals surface area (Å²) in [6.45, 7) is 9.58. The van der Waals surface area contributed by atoms with Gasteiger partial charge >= 0.3 is 0 Å². The smallest absolute Gasteiger partial charge is 0.0605 e. The molecule has 170 valence electrons. The van der Waals surface area contributed by atoms with Crippen molar-refractivity contribution in [3.05, 3.63) is 76.0 Å². The minimum Gasteiger partial charge on any atom is -0.401 e. The zero-order valence-electron chi connectivity index (χ0n) is 19.4. The molecule has 2 heterocycles. The van der Waals surface area contributed by atoms with Gasteiger partial charge in [0.25, 0.3) is 0 Å². The second-order valence-corrected chi connectivity index (χ2v) is 9.45. The summed E-state index contributed by atoms with van der Waals surface area (Å²) >= 11 is 6.09. The molecule has 0 aromatic heterocycles. The number of nitrogens with two attached hydrogens (primary N) is 1. The van der Waals surface area contributed by atoms with E-state index in [1.165, 1.54) is 28.7 Å². The second-order valence-electron chi connectivity index (χ2n) is 9.01. The van der Waals surface area contributed by atoms with E-state index < -0.39 is 0 Å². The molecular weight excluding hydrogens is 416 g/mol. The maximum Gasteiger partial charge on any atom is 0.0605 e. The molecule has 2 atom stereocenters. The Bertz CT molecular complexity index is 1000. The van der Waals surface area contributed by atoms with Crippen LogP contribution in [0.2, 0.25) is 5.02 Å². The number of fused-ring (bicyclic) bond motifs is 1. The molecule has 4 rings (SSSR count). The number of hydrogen-bond donors (Lipinski definition) is 3. The molecule has 2 aliphatic rings. The minimum absolute atomic E-state index is 0.191. The summed E-state index contributed by atoms with van der Waals surface area (Å²) in [7, 11) is 0. The zero-order valence-corrected chi connectivity index (χ0v) is 20.2. The van der Waals surface area contributed by atoms with Crippen LogP contribution in [0.4, 0.5) is 5.69 Å². The van der Waals surface area contributed by atoms with E-state index in [0.29, 0.717) is 6.04 Å². The standard InChI is InChI=1S/C27H35ClN4/c1-4-18(2)32-15-12-20(13-16-32)21-5-10-24-25(17-21)26(11-14-30-27(24)19(3)29)31-23-8-6-22(28)7-9-23/h5-10,12,17-18,26,30-31H,4,11,13-16,29H2,1-3H3/b27-19-. The van der Waals surface area contributed by atoms with E-state index in [0.717, 1.165) is 54.6 Å². The SMILES string of the molecule is CCC(C)N1CC=C(c2ccc3c(c2)C(Nc2ccc(Cl)cc2)CCN/C3=C(/C)N)CC1. The van der Waals surface area contributed by atoms with Crippen LogP contribution in [0.15, 0.2) is 54.2 Å². The fraction of sp³-hybridized carbons (Fsp3) is 0.407. The largest absolute Gasteiger partial charge is 0.401 e. The van der Waals surface area contributed by atoms with Gasteiger partial charge in [0.05, 0.1) is 11.7 Å². The number of nitrogens with zero attached hydrogens (tertiary/aromatic N) is 1. The predicted octanol–water partition coefficient (Wildman–Crippen LogP) is 6.02. The molecule has 4 N–H and O–H groups in total. The third kappa shape index (κ3) is 4.97. The minimum atomic E-state index is 0.191. The molecule has 4 nitrogen and oxygen atoms in total. The van der Waals surface area contributed by atoms with Crippen LogP contribution < -0.4 is 16.4 Å². The molecule has 0 fully saturated rings. The Morgan fingerprint density at radius 2 is 2.03 bits per heavy atom. The number of allylic oxidation sites excluding steroid dienone is 1. The van der Waals surface area contributed by atoms with Gasteiger partial charge in [0.15, 0.2) is 0 Å². The molecule has 0 radical (unpaired) electrons. The van der Waals surface area contributed by atoms with Gasteiger partial charge in [0.2, 0.25) is 0 Å². The van der Waals surface area contributed by atoms with Crippen LogP contribution in [0.1, 0.15) is 62.8 Å². The first-order valence-electron chi connectivity index (χ1n) is 11.8. The Hall–Kier alpha value is -2.43. The van der Waals surface area contributed by atoms with Gasteiger partial charge in [-0.25, -0.2) is 0 Å². The fourth-order valence-corrected chi connectivity index (χ4v) is 4.85. The summed E-state index contributed by atoms with van der Waals surface area (Å²) in [6.07, 6.45) is 5.67. The topological polar surface area (TPSA) is 53.3 Å². The summed E-state index contributed by atoms with van der Waals surface area (Å²) in [5.74, 6) is 0. The lowest BCUT2D eigenvalue weighted by Gasteiger charge is -2.31. The van der Waals surface area contributed by atoms with E-state index in [4.69, 9.17) is 17.3 Å². The van der Waals surface area contributed by atoms with Gasteiger partial charge in [-0.2, -0.15) is 0 Å². The summed E-state index contributed by atoms with van der Waals surface area (Å²) < 4.78 is 0.